The minimum atomic E-state index is -0.976. The van der Waals surface area contributed by atoms with Gasteiger partial charge in [-0.3, -0.25) is 9.78 Å². The number of carboxylic acid groups (broad SMARTS) is 1. The molecule has 0 spiro atoms. The van der Waals surface area contributed by atoms with Gasteiger partial charge in [-0.15, -0.1) is 0 Å². The molecule has 0 fully saturated rings. The summed E-state index contributed by atoms with van der Waals surface area (Å²) in [4.78, 5) is 25.8. The van der Waals surface area contributed by atoms with Gasteiger partial charge in [0.25, 0.3) is 0 Å². The standard InChI is InChI=1S/C11H14N2O3/c1-3-10-9(11(15)16)5-4-8(13-10)6-12-7(2)14/h4-5H,3,6H2,1-2H3,(H,12,14)(H,15,16). The Morgan fingerprint density at radius 2 is 2.12 bits per heavy atom. The lowest BCUT2D eigenvalue weighted by Gasteiger charge is -2.06. The second kappa shape index (κ2) is 5.25. The Morgan fingerprint density at radius 3 is 2.62 bits per heavy atom. The van der Waals surface area contributed by atoms with Crippen molar-refractivity contribution in [3.63, 3.8) is 0 Å². The Hall–Kier alpha value is -1.91. The molecule has 0 aliphatic carbocycles. The van der Waals surface area contributed by atoms with Crippen LogP contribution in [0.3, 0.4) is 0 Å². The van der Waals surface area contributed by atoms with Crippen LogP contribution in [-0.4, -0.2) is 22.0 Å². The van der Waals surface area contributed by atoms with Gasteiger partial charge in [0.15, 0.2) is 0 Å². The second-order valence-corrected chi connectivity index (χ2v) is 3.37. The van der Waals surface area contributed by atoms with Crippen molar-refractivity contribution in [3.8, 4) is 0 Å². The number of aryl methyl sites for hydroxylation is 1. The number of pyridine rings is 1. The highest BCUT2D eigenvalue weighted by atomic mass is 16.4. The molecule has 2 N–H and O–H groups in total. The molecule has 1 amide bonds. The maximum Gasteiger partial charge on any atom is 0.337 e. The van der Waals surface area contributed by atoms with Crippen LogP contribution in [0.25, 0.3) is 0 Å². The number of aromatic carboxylic acids is 1. The third-order valence-electron chi connectivity index (χ3n) is 2.12. The number of hydrogen-bond donors (Lipinski definition) is 2. The lowest BCUT2D eigenvalue weighted by molar-refractivity contribution is -0.119. The summed E-state index contributed by atoms with van der Waals surface area (Å²) in [5.41, 5.74) is 1.42. The number of rotatable bonds is 4. The fourth-order valence-corrected chi connectivity index (χ4v) is 1.32. The number of hydrogen-bond acceptors (Lipinski definition) is 3. The summed E-state index contributed by atoms with van der Waals surface area (Å²) in [5.74, 6) is -1.11. The molecule has 0 aromatic carbocycles. The number of aromatic nitrogens is 1. The Morgan fingerprint density at radius 1 is 1.44 bits per heavy atom. The van der Waals surface area contributed by atoms with Crippen LogP contribution in [0.1, 0.15) is 35.6 Å². The Balaban J connectivity index is 2.90. The van der Waals surface area contributed by atoms with Crippen molar-refractivity contribution >= 4 is 11.9 Å². The van der Waals surface area contributed by atoms with E-state index < -0.39 is 5.97 Å². The topological polar surface area (TPSA) is 79.3 Å². The van der Waals surface area contributed by atoms with Gasteiger partial charge in [0.1, 0.15) is 0 Å². The maximum atomic E-state index is 10.8. The summed E-state index contributed by atoms with van der Waals surface area (Å²) in [6.45, 7) is 3.59. The van der Waals surface area contributed by atoms with Gasteiger partial charge in [-0.2, -0.15) is 0 Å². The van der Waals surface area contributed by atoms with E-state index in [1.165, 1.54) is 13.0 Å². The van der Waals surface area contributed by atoms with Crippen LogP contribution in [0, 0.1) is 0 Å². The Kier molecular flexibility index (Phi) is 3.99. The molecule has 1 rings (SSSR count). The zero-order valence-electron chi connectivity index (χ0n) is 9.28. The zero-order valence-corrected chi connectivity index (χ0v) is 9.28. The first-order valence-corrected chi connectivity index (χ1v) is 5.01. The van der Waals surface area contributed by atoms with E-state index in [4.69, 9.17) is 5.11 Å². The molecule has 0 saturated carbocycles. The normalized spacial score (nSPS) is 9.88. The SMILES string of the molecule is CCc1nc(CNC(C)=O)ccc1C(=O)O. The van der Waals surface area contributed by atoms with Gasteiger partial charge in [-0.05, 0) is 18.6 Å². The minimum Gasteiger partial charge on any atom is -0.478 e. The van der Waals surface area contributed by atoms with Crippen molar-refractivity contribution < 1.29 is 14.7 Å². The largest absolute Gasteiger partial charge is 0.478 e. The Labute approximate surface area is 93.5 Å². The van der Waals surface area contributed by atoms with Crippen LogP contribution in [0.5, 0.6) is 0 Å². The number of nitrogens with zero attached hydrogens (tertiary/aromatic N) is 1. The summed E-state index contributed by atoms with van der Waals surface area (Å²) < 4.78 is 0. The monoisotopic (exact) mass is 222 g/mol. The van der Waals surface area contributed by atoms with Gasteiger partial charge in [0, 0.05) is 6.92 Å². The summed E-state index contributed by atoms with van der Waals surface area (Å²) in [5, 5.41) is 11.5. The van der Waals surface area contributed by atoms with Crippen LogP contribution in [0.2, 0.25) is 0 Å². The number of carbonyl (C=O) groups excluding carboxylic acids is 1. The van der Waals surface area contributed by atoms with E-state index in [1.807, 2.05) is 6.92 Å². The van der Waals surface area contributed by atoms with E-state index in [2.05, 4.69) is 10.3 Å². The highest BCUT2D eigenvalue weighted by molar-refractivity contribution is 5.88. The highest BCUT2D eigenvalue weighted by Gasteiger charge is 2.10. The number of carbonyl (C=O) groups is 2. The van der Waals surface area contributed by atoms with Crippen molar-refractivity contribution in [1.29, 1.82) is 0 Å². The first-order chi connectivity index (χ1) is 7.54. The second-order valence-electron chi connectivity index (χ2n) is 3.37. The number of nitrogens with one attached hydrogen (secondary N) is 1. The summed E-state index contributed by atoms with van der Waals surface area (Å²) >= 11 is 0. The molecule has 0 aliphatic heterocycles. The number of carboxylic acids is 1. The first kappa shape index (κ1) is 12.2. The molecule has 0 unspecified atom stereocenters. The van der Waals surface area contributed by atoms with Gasteiger partial charge in [-0.1, -0.05) is 6.92 Å². The fourth-order valence-electron chi connectivity index (χ4n) is 1.32. The number of amides is 1. The smallest absolute Gasteiger partial charge is 0.337 e. The van der Waals surface area contributed by atoms with Crippen molar-refractivity contribution in [2.75, 3.05) is 0 Å². The fraction of sp³-hybridized carbons (Fsp3) is 0.364. The average molecular weight is 222 g/mol. The van der Waals surface area contributed by atoms with Gasteiger partial charge >= 0.3 is 5.97 Å². The lowest BCUT2D eigenvalue weighted by atomic mass is 10.1. The molecule has 5 heteroatoms. The molecular weight excluding hydrogens is 208 g/mol. The van der Waals surface area contributed by atoms with E-state index in [-0.39, 0.29) is 11.5 Å². The third-order valence-corrected chi connectivity index (χ3v) is 2.12. The average Bonchev–Trinajstić information content (AvgIpc) is 2.25. The van der Waals surface area contributed by atoms with Gasteiger partial charge in [0.05, 0.1) is 23.5 Å². The molecule has 1 aromatic rings. The maximum absolute atomic E-state index is 10.8. The molecule has 0 atom stereocenters. The Bertz CT molecular complexity index is 416. The van der Waals surface area contributed by atoms with E-state index in [1.54, 1.807) is 6.07 Å². The van der Waals surface area contributed by atoms with Crippen LogP contribution >= 0.6 is 0 Å². The molecule has 1 aromatic heterocycles. The molecule has 16 heavy (non-hydrogen) atoms. The van der Waals surface area contributed by atoms with Crippen molar-refractivity contribution in [3.05, 3.63) is 29.1 Å². The summed E-state index contributed by atoms with van der Waals surface area (Å²) in [6, 6.07) is 3.13. The molecule has 0 radical (unpaired) electrons. The zero-order chi connectivity index (χ0) is 12.1. The van der Waals surface area contributed by atoms with Crippen LogP contribution in [0.4, 0.5) is 0 Å². The van der Waals surface area contributed by atoms with Crippen molar-refractivity contribution in [1.82, 2.24) is 10.3 Å². The summed E-state index contributed by atoms with van der Waals surface area (Å²) in [6.07, 6.45) is 0.551. The molecule has 0 aliphatic rings. The molecular formula is C11H14N2O3. The minimum absolute atomic E-state index is 0.137. The molecule has 5 nitrogen and oxygen atoms in total. The van der Waals surface area contributed by atoms with Gasteiger partial charge < -0.3 is 10.4 Å². The molecule has 0 bridgehead atoms. The van der Waals surface area contributed by atoms with E-state index in [9.17, 15) is 9.59 Å². The van der Waals surface area contributed by atoms with Crippen LogP contribution < -0.4 is 5.32 Å². The van der Waals surface area contributed by atoms with Gasteiger partial charge in [0.2, 0.25) is 5.91 Å². The predicted molar refractivity (Wildman–Crippen MR) is 58.1 cm³/mol. The van der Waals surface area contributed by atoms with E-state index >= 15 is 0 Å². The van der Waals surface area contributed by atoms with Gasteiger partial charge in [-0.25, -0.2) is 4.79 Å². The lowest BCUT2D eigenvalue weighted by Crippen LogP contribution is -2.20. The molecule has 1 heterocycles. The predicted octanol–water partition coefficient (Wildman–Crippen LogP) is 0.978. The first-order valence-electron chi connectivity index (χ1n) is 5.01. The molecule has 0 saturated heterocycles. The third kappa shape index (κ3) is 3.05. The van der Waals surface area contributed by atoms with Crippen molar-refractivity contribution in [2.24, 2.45) is 0 Å². The molecule has 86 valence electrons. The van der Waals surface area contributed by atoms with Crippen molar-refractivity contribution in [2.45, 2.75) is 26.8 Å². The summed E-state index contributed by atoms with van der Waals surface area (Å²) in [7, 11) is 0. The van der Waals surface area contributed by atoms with Crippen LogP contribution in [0.15, 0.2) is 12.1 Å². The van der Waals surface area contributed by atoms with E-state index in [0.717, 1.165) is 0 Å². The quantitative estimate of drug-likeness (QED) is 0.795. The van der Waals surface area contributed by atoms with E-state index in [0.29, 0.717) is 24.4 Å². The van der Waals surface area contributed by atoms with Crippen LogP contribution in [-0.2, 0) is 17.8 Å². The highest BCUT2D eigenvalue weighted by Crippen LogP contribution is 2.08.